The molecule has 1 aromatic heterocycles. The van der Waals surface area contributed by atoms with Crippen molar-refractivity contribution in [2.45, 2.75) is 57.3 Å². The molecular formula is C38H39N3O5S2. The Hall–Kier alpha value is -4.67. The number of carbonyl (C=O) groups is 4. The first kappa shape index (κ1) is 34.7. The molecule has 3 amide bonds. The zero-order chi connectivity index (χ0) is 33.9. The Bertz CT molecular complexity index is 1800. The van der Waals surface area contributed by atoms with Crippen LogP contribution in [0.5, 0.6) is 0 Å². The van der Waals surface area contributed by atoms with Crippen molar-refractivity contribution in [2.24, 2.45) is 0 Å². The fourth-order valence-electron chi connectivity index (χ4n) is 5.37. The Morgan fingerprint density at radius 1 is 0.875 bits per heavy atom. The molecule has 0 unspecified atom stereocenters. The maximum absolute atomic E-state index is 13.5. The lowest BCUT2D eigenvalue weighted by Gasteiger charge is -2.12. The molecule has 8 nitrogen and oxygen atoms in total. The van der Waals surface area contributed by atoms with Gasteiger partial charge in [0.05, 0.1) is 17.9 Å². The zero-order valence-corrected chi connectivity index (χ0v) is 28.7. The first-order valence-corrected chi connectivity index (χ1v) is 17.9. The number of hydrogen-bond donors (Lipinski definition) is 3. The molecule has 3 N–H and O–H groups in total. The van der Waals surface area contributed by atoms with Crippen LogP contribution in [0.2, 0.25) is 0 Å². The third kappa shape index (κ3) is 9.45. The second-order valence-corrected chi connectivity index (χ2v) is 13.6. The van der Waals surface area contributed by atoms with Crippen molar-refractivity contribution in [2.75, 3.05) is 23.0 Å². The van der Waals surface area contributed by atoms with Gasteiger partial charge in [0.15, 0.2) is 0 Å². The second kappa shape index (κ2) is 16.9. The van der Waals surface area contributed by atoms with Gasteiger partial charge in [-0.15, -0.1) is 23.1 Å². The average molecular weight is 682 g/mol. The summed E-state index contributed by atoms with van der Waals surface area (Å²) in [6, 6.07) is 23.5. The van der Waals surface area contributed by atoms with E-state index in [9.17, 15) is 19.2 Å². The van der Waals surface area contributed by atoms with Crippen molar-refractivity contribution in [3.05, 3.63) is 117 Å². The third-order valence-corrected chi connectivity index (χ3v) is 9.98. The molecule has 0 atom stereocenters. The van der Waals surface area contributed by atoms with E-state index in [1.807, 2.05) is 43.3 Å². The summed E-state index contributed by atoms with van der Waals surface area (Å²) in [5, 5.41) is 9.17. The molecule has 1 heterocycles. The molecule has 0 spiro atoms. The first-order chi connectivity index (χ1) is 23.3. The average Bonchev–Trinajstić information content (AvgIpc) is 3.40. The van der Waals surface area contributed by atoms with Crippen molar-refractivity contribution in [3.63, 3.8) is 0 Å². The SMILES string of the molecule is CCOC(=O)c1c(NC(=O)CSc2cccc(NC(=O)/C(=C\c3ccc(C)cc3)NC(=O)c3ccccc3)c2)sc2c1CCCCCC2. The van der Waals surface area contributed by atoms with Gasteiger partial charge < -0.3 is 20.7 Å². The van der Waals surface area contributed by atoms with Gasteiger partial charge in [-0.2, -0.15) is 0 Å². The van der Waals surface area contributed by atoms with Crippen LogP contribution in [0.4, 0.5) is 10.7 Å². The standard InChI is InChI=1S/C38H39N3O5S2/c1-3-46-38(45)34-30-16-9-4-5-10-17-32(30)48-37(34)41-33(42)24-47-29-15-11-14-28(23-29)39-36(44)31(22-26-20-18-25(2)19-21-26)40-35(43)27-12-7-6-8-13-27/h6-8,11-15,18-23H,3-5,9-10,16-17,24H2,1-2H3,(H,39,44)(H,40,43)(H,41,42)/b31-22+. The Balaban J connectivity index is 1.26. The van der Waals surface area contributed by atoms with Gasteiger partial charge in [-0.3, -0.25) is 14.4 Å². The fraction of sp³-hybridized carbons (Fsp3) is 0.263. The second-order valence-electron chi connectivity index (χ2n) is 11.5. The van der Waals surface area contributed by atoms with Crippen LogP contribution in [0, 0.1) is 6.92 Å². The molecule has 248 valence electrons. The number of nitrogens with one attached hydrogen (secondary N) is 3. The highest BCUT2D eigenvalue weighted by atomic mass is 32.2. The highest BCUT2D eigenvalue weighted by molar-refractivity contribution is 8.00. The Morgan fingerprint density at radius 3 is 2.38 bits per heavy atom. The van der Waals surface area contributed by atoms with Crippen molar-refractivity contribution in [1.29, 1.82) is 0 Å². The molecule has 0 aliphatic heterocycles. The van der Waals surface area contributed by atoms with Gasteiger partial charge in [0.1, 0.15) is 10.7 Å². The number of esters is 1. The fourth-order valence-corrected chi connectivity index (χ4v) is 7.42. The number of aryl methyl sites for hydroxylation is 2. The lowest BCUT2D eigenvalue weighted by molar-refractivity contribution is -0.114. The van der Waals surface area contributed by atoms with E-state index >= 15 is 0 Å². The van der Waals surface area contributed by atoms with E-state index in [1.54, 1.807) is 55.5 Å². The number of thioether (sulfide) groups is 1. The summed E-state index contributed by atoms with van der Waals surface area (Å²) >= 11 is 2.80. The molecule has 5 rings (SSSR count). The minimum atomic E-state index is -0.487. The summed E-state index contributed by atoms with van der Waals surface area (Å²) in [4.78, 5) is 54.5. The van der Waals surface area contributed by atoms with E-state index < -0.39 is 17.8 Å². The highest BCUT2D eigenvalue weighted by Gasteiger charge is 2.26. The molecule has 1 aliphatic rings. The van der Waals surface area contributed by atoms with Gasteiger partial charge in [0, 0.05) is 21.0 Å². The number of thiophene rings is 1. The summed E-state index contributed by atoms with van der Waals surface area (Å²) in [5.74, 6) is -1.41. The molecule has 1 aliphatic carbocycles. The molecule has 0 saturated carbocycles. The number of benzene rings is 3. The number of anilines is 2. The van der Waals surface area contributed by atoms with Crippen molar-refractivity contribution < 1.29 is 23.9 Å². The molecular weight excluding hydrogens is 643 g/mol. The largest absolute Gasteiger partial charge is 0.462 e. The van der Waals surface area contributed by atoms with Gasteiger partial charge in [0.2, 0.25) is 5.91 Å². The number of rotatable bonds is 11. The van der Waals surface area contributed by atoms with E-state index in [0.29, 0.717) is 21.8 Å². The lowest BCUT2D eigenvalue weighted by Crippen LogP contribution is -2.30. The van der Waals surface area contributed by atoms with Crippen molar-refractivity contribution >= 4 is 63.6 Å². The summed E-state index contributed by atoms with van der Waals surface area (Å²) in [7, 11) is 0. The number of hydrogen-bond acceptors (Lipinski definition) is 7. The third-order valence-electron chi connectivity index (χ3n) is 7.78. The summed E-state index contributed by atoms with van der Waals surface area (Å²) in [5.41, 5.74) is 4.38. The monoisotopic (exact) mass is 681 g/mol. The van der Waals surface area contributed by atoms with E-state index in [2.05, 4.69) is 16.0 Å². The molecule has 3 aromatic carbocycles. The Kier molecular flexibility index (Phi) is 12.2. The number of carbonyl (C=O) groups excluding carboxylic acids is 4. The van der Waals surface area contributed by atoms with Crippen LogP contribution in [0.3, 0.4) is 0 Å². The van der Waals surface area contributed by atoms with Crippen LogP contribution < -0.4 is 16.0 Å². The summed E-state index contributed by atoms with van der Waals surface area (Å²) < 4.78 is 5.37. The van der Waals surface area contributed by atoms with E-state index in [0.717, 1.165) is 65.0 Å². The predicted molar refractivity (Wildman–Crippen MR) is 194 cm³/mol. The first-order valence-electron chi connectivity index (χ1n) is 16.1. The summed E-state index contributed by atoms with van der Waals surface area (Å²) in [6.45, 7) is 4.02. The van der Waals surface area contributed by atoms with Crippen LogP contribution in [-0.4, -0.2) is 36.1 Å². The van der Waals surface area contributed by atoms with Gasteiger partial charge in [-0.05, 0) is 87.1 Å². The number of amides is 3. The molecule has 0 radical (unpaired) electrons. The number of ether oxygens (including phenoxy) is 1. The molecule has 0 bridgehead atoms. The molecule has 0 saturated heterocycles. The normalized spacial score (nSPS) is 13.0. The van der Waals surface area contributed by atoms with E-state index in [-0.39, 0.29) is 24.0 Å². The van der Waals surface area contributed by atoms with Gasteiger partial charge in [0.25, 0.3) is 11.8 Å². The predicted octanol–water partition coefficient (Wildman–Crippen LogP) is 8.03. The summed E-state index contributed by atoms with van der Waals surface area (Å²) in [6.07, 6.45) is 7.70. The highest BCUT2D eigenvalue weighted by Crippen LogP contribution is 2.38. The van der Waals surface area contributed by atoms with Crippen LogP contribution >= 0.6 is 23.1 Å². The molecule has 48 heavy (non-hydrogen) atoms. The minimum Gasteiger partial charge on any atom is -0.462 e. The Morgan fingerprint density at radius 2 is 1.62 bits per heavy atom. The van der Waals surface area contributed by atoms with Crippen LogP contribution in [-0.2, 0) is 27.2 Å². The maximum Gasteiger partial charge on any atom is 0.341 e. The van der Waals surface area contributed by atoms with Crippen molar-refractivity contribution in [1.82, 2.24) is 5.32 Å². The van der Waals surface area contributed by atoms with E-state index in [1.165, 1.54) is 23.1 Å². The van der Waals surface area contributed by atoms with Crippen LogP contribution in [0.15, 0.2) is 89.5 Å². The molecule has 0 fully saturated rings. The van der Waals surface area contributed by atoms with Crippen LogP contribution in [0.25, 0.3) is 6.08 Å². The topological polar surface area (TPSA) is 114 Å². The van der Waals surface area contributed by atoms with E-state index in [4.69, 9.17) is 4.74 Å². The maximum atomic E-state index is 13.5. The molecule has 10 heteroatoms. The van der Waals surface area contributed by atoms with Gasteiger partial charge >= 0.3 is 5.97 Å². The zero-order valence-electron chi connectivity index (χ0n) is 27.1. The van der Waals surface area contributed by atoms with Crippen LogP contribution in [0.1, 0.15) is 74.9 Å². The smallest absolute Gasteiger partial charge is 0.341 e. The number of fused-ring (bicyclic) bond motifs is 1. The molecule has 4 aromatic rings. The van der Waals surface area contributed by atoms with Crippen molar-refractivity contribution in [3.8, 4) is 0 Å². The van der Waals surface area contributed by atoms with Gasteiger partial charge in [-0.25, -0.2) is 4.79 Å². The Labute approximate surface area is 289 Å². The minimum absolute atomic E-state index is 0.0904. The quantitative estimate of drug-likeness (QED) is 0.0839. The lowest BCUT2D eigenvalue weighted by atomic mass is 9.96. The van der Waals surface area contributed by atoms with Gasteiger partial charge in [-0.1, -0.05) is 66.9 Å².